The zero-order valence-corrected chi connectivity index (χ0v) is 19.1. The summed E-state index contributed by atoms with van der Waals surface area (Å²) in [5.41, 5.74) is 3.61. The first-order chi connectivity index (χ1) is 14.8. The molecule has 0 bridgehead atoms. The Morgan fingerprint density at radius 3 is 2.29 bits per heavy atom. The van der Waals surface area contributed by atoms with Crippen LogP contribution in [-0.2, 0) is 9.59 Å². The minimum Gasteiger partial charge on any atom is -0.497 e. The fourth-order valence-corrected chi connectivity index (χ4v) is 3.52. The average Bonchev–Trinajstić information content (AvgIpc) is 3.05. The van der Waals surface area contributed by atoms with Crippen molar-refractivity contribution in [3.63, 3.8) is 0 Å². The molecule has 0 aliphatic carbocycles. The van der Waals surface area contributed by atoms with Gasteiger partial charge in [0.05, 0.1) is 13.7 Å². The maximum absolute atomic E-state index is 12.8. The van der Waals surface area contributed by atoms with Crippen LogP contribution in [0.2, 0.25) is 0 Å². The molecule has 0 fully saturated rings. The third-order valence-electron chi connectivity index (χ3n) is 5.29. The second-order valence-electron chi connectivity index (χ2n) is 7.26. The van der Waals surface area contributed by atoms with Crippen molar-refractivity contribution in [2.24, 2.45) is 0 Å². The highest BCUT2D eigenvalue weighted by Gasteiger charge is 2.20. The van der Waals surface area contributed by atoms with Crippen LogP contribution in [0.1, 0.15) is 30.8 Å². The number of ether oxygens (including phenoxy) is 1. The number of nitriles is 1. The number of likely N-dealkylation sites (N-methyl/N-ethyl adjacent to an activating group) is 2. The van der Waals surface area contributed by atoms with Crippen LogP contribution in [0.3, 0.4) is 0 Å². The summed E-state index contributed by atoms with van der Waals surface area (Å²) in [4.78, 5) is 28.1. The SMILES string of the molecule is CCN(CC)C(=O)CN(C)C(=O)C(C#N)=Cc1cc(C)n(-c2ccc(OC)cc2)c1C. The van der Waals surface area contributed by atoms with E-state index in [9.17, 15) is 14.9 Å². The van der Waals surface area contributed by atoms with Crippen molar-refractivity contribution in [2.75, 3.05) is 33.8 Å². The van der Waals surface area contributed by atoms with E-state index < -0.39 is 5.91 Å². The molecule has 0 saturated heterocycles. The summed E-state index contributed by atoms with van der Waals surface area (Å²) in [7, 11) is 3.16. The van der Waals surface area contributed by atoms with Crippen LogP contribution in [-0.4, -0.2) is 60.0 Å². The van der Waals surface area contributed by atoms with Gasteiger partial charge in [0.1, 0.15) is 17.4 Å². The molecule has 7 heteroatoms. The molecular weight excluding hydrogens is 392 g/mol. The van der Waals surface area contributed by atoms with Crippen molar-refractivity contribution < 1.29 is 14.3 Å². The van der Waals surface area contributed by atoms with Crippen molar-refractivity contribution in [3.8, 4) is 17.5 Å². The molecule has 0 saturated carbocycles. The maximum atomic E-state index is 12.8. The Hall–Kier alpha value is -3.53. The average molecular weight is 423 g/mol. The summed E-state index contributed by atoms with van der Waals surface area (Å²) in [6.45, 7) is 8.79. The quantitative estimate of drug-likeness (QED) is 0.483. The summed E-state index contributed by atoms with van der Waals surface area (Å²) in [5, 5.41) is 9.60. The molecule has 1 aromatic carbocycles. The van der Waals surface area contributed by atoms with Crippen molar-refractivity contribution in [1.82, 2.24) is 14.4 Å². The summed E-state index contributed by atoms with van der Waals surface area (Å²) in [5.74, 6) is 0.152. The lowest BCUT2D eigenvalue weighted by Gasteiger charge is -2.23. The van der Waals surface area contributed by atoms with Gasteiger partial charge >= 0.3 is 0 Å². The third kappa shape index (κ3) is 5.34. The standard InChI is InChI=1S/C24H30N4O3/c1-7-27(8-2)23(29)16-26(5)24(30)20(15-25)14-19-13-17(3)28(18(19)4)21-9-11-22(31-6)12-10-21/h9-14H,7-8,16H2,1-6H3. The van der Waals surface area contributed by atoms with Crippen molar-refractivity contribution in [1.29, 1.82) is 5.26 Å². The molecule has 2 rings (SSSR count). The number of nitrogens with zero attached hydrogens (tertiary/aromatic N) is 4. The highest BCUT2D eigenvalue weighted by atomic mass is 16.5. The van der Waals surface area contributed by atoms with E-state index in [4.69, 9.17) is 4.74 Å². The Morgan fingerprint density at radius 1 is 1.16 bits per heavy atom. The molecule has 0 unspecified atom stereocenters. The number of aromatic nitrogens is 1. The molecule has 2 amide bonds. The number of rotatable bonds is 8. The van der Waals surface area contributed by atoms with E-state index in [1.807, 2.05) is 64.1 Å². The van der Waals surface area contributed by atoms with Crippen molar-refractivity contribution in [3.05, 3.63) is 52.9 Å². The largest absolute Gasteiger partial charge is 0.497 e. The van der Waals surface area contributed by atoms with E-state index >= 15 is 0 Å². The summed E-state index contributed by atoms with van der Waals surface area (Å²) in [6.07, 6.45) is 1.59. The Bertz CT molecular complexity index is 1010. The molecule has 164 valence electrons. The zero-order chi connectivity index (χ0) is 23.1. The number of benzene rings is 1. The first-order valence-electron chi connectivity index (χ1n) is 10.3. The number of aryl methyl sites for hydroxylation is 1. The molecule has 0 radical (unpaired) electrons. The van der Waals surface area contributed by atoms with Crippen molar-refractivity contribution >= 4 is 17.9 Å². The Labute approximate surface area is 184 Å². The van der Waals surface area contributed by atoms with E-state index in [1.165, 1.54) is 11.9 Å². The van der Waals surface area contributed by atoms with Gasteiger partial charge < -0.3 is 19.1 Å². The predicted molar refractivity (Wildman–Crippen MR) is 121 cm³/mol. The van der Waals surface area contributed by atoms with E-state index in [0.717, 1.165) is 28.4 Å². The van der Waals surface area contributed by atoms with E-state index in [0.29, 0.717) is 13.1 Å². The number of carbonyl (C=O) groups excluding carboxylic acids is 2. The molecule has 1 heterocycles. The minimum atomic E-state index is -0.475. The third-order valence-corrected chi connectivity index (χ3v) is 5.29. The van der Waals surface area contributed by atoms with Crippen LogP contribution >= 0.6 is 0 Å². The van der Waals surface area contributed by atoms with Gasteiger partial charge in [-0.2, -0.15) is 5.26 Å². The van der Waals surface area contributed by atoms with Gasteiger partial charge in [-0.15, -0.1) is 0 Å². The summed E-state index contributed by atoms with van der Waals surface area (Å²) in [6, 6.07) is 11.6. The second kappa shape index (κ2) is 10.5. The molecule has 0 spiro atoms. The Morgan fingerprint density at radius 2 is 1.77 bits per heavy atom. The van der Waals surface area contributed by atoms with Crippen LogP contribution in [0.25, 0.3) is 11.8 Å². The molecule has 0 N–H and O–H groups in total. The Kier molecular flexibility index (Phi) is 8.03. The lowest BCUT2D eigenvalue weighted by molar-refractivity contribution is -0.137. The molecular formula is C24H30N4O3. The topological polar surface area (TPSA) is 78.6 Å². The van der Waals surface area contributed by atoms with Gasteiger partial charge in [-0.1, -0.05) is 0 Å². The van der Waals surface area contributed by atoms with Gasteiger partial charge in [0.25, 0.3) is 5.91 Å². The van der Waals surface area contributed by atoms with Gasteiger partial charge in [0.2, 0.25) is 5.91 Å². The number of methoxy groups -OCH3 is 1. The molecule has 31 heavy (non-hydrogen) atoms. The van der Waals surface area contributed by atoms with E-state index in [-0.39, 0.29) is 18.0 Å². The lowest BCUT2D eigenvalue weighted by atomic mass is 10.1. The first-order valence-corrected chi connectivity index (χ1v) is 10.3. The van der Waals surface area contributed by atoms with E-state index in [2.05, 4.69) is 4.57 Å². The fourth-order valence-electron chi connectivity index (χ4n) is 3.52. The molecule has 0 aliphatic rings. The minimum absolute atomic E-state index is 0.00942. The highest BCUT2D eigenvalue weighted by Crippen LogP contribution is 2.24. The number of carbonyl (C=O) groups is 2. The predicted octanol–water partition coefficient (Wildman–Crippen LogP) is 3.34. The first kappa shape index (κ1) is 23.7. The second-order valence-corrected chi connectivity index (χ2v) is 7.26. The number of hydrogen-bond acceptors (Lipinski definition) is 4. The number of amides is 2. The van der Waals surface area contributed by atoms with Gasteiger partial charge in [-0.05, 0) is 69.7 Å². The number of hydrogen-bond donors (Lipinski definition) is 0. The zero-order valence-electron chi connectivity index (χ0n) is 19.1. The van der Waals surface area contributed by atoms with Crippen molar-refractivity contribution in [2.45, 2.75) is 27.7 Å². The van der Waals surface area contributed by atoms with Gasteiger partial charge in [-0.3, -0.25) is 9.59 Å². The highest BCUT2D eigenvalue weighted by molar-refractivity contribution is 6.03. The summed E-state index contributed by atoms with van der Waals surface area (Å²) < 4.78 is 7.27. The van der Waals surface area contributed by atoms with Crippen LogP contribution in [0.4, 0.5) is 0 Å². The molecule has 7 nitrogen and oxygen atoms in total. The summed E-state index contributed by atoms with van der Waals surface area (Å²) >= 11 is 0. The van der Waals surface area contributed by atoms with Gasteiger partial charge in [-0.25, -0.2) is 0 Å². The van der Waals surface area contributed by atoms with Crippen LogP contribution in [0.5, 0.6) is 5.75 Å². The lowest BCUT2D eigenvalue weighted by Crippen LogP contribution is -2.41. The van der Waals surface area contributed by atoms with E-state index in [1.54, 1.807) is 18.1 Å². The monoisotopic (exact) mass is 422 g/mol. The molecule has 2 aromatic rings. The normalized spacial score (nSPS) is 11.1. The molecule has 1 aromatic heterocycles. The van der Waals surface area contributed by atoms with Crippen LogP contribution < -0.4 is 4.74 Å². The molecule has 0 aliphatic heterocycles. The van der Waals surface area contributed by atoms with Gasteiger partial charge in [0.15, 0.2) is 0 Å². The van der Waals surface area contributed by atoms with Gasteiger partial charge in [0, 0.05) is 37.2 Å². The van der Waals surface area contributed by atoms with Crippen LogP contribution in [0, 0.1) is 25.2 Å². The Balaban J connectivity index is 2.31. The van der Waals surface area contributed by atoms with Crippen LogP contribution in [0.15, 0.2) is 35.9 Å². The fraction of sp³-hybridized carbons (Fsp3) is 0.375. The molecule has 0 atom stereocenters. The maximum Gasteiger partial charge on any atom is 0.264 e. The smallest absolute Gasteiger partial charge is 0.264 e.